The van der Waals surface area contributed by atoms with Crippen LogP contribution in [-0.2, 0) is 9.53 Å². The molecule has 3 N–H and O–H groups in total. The monoisotopic (exact) mass is 216 g/mol. The van der Waals surface area contributed by atoms with Crippen molar-refractivity contribution in [1.82, 2.24) is 0 Å². The summed E-state index contributed by atoms with van der Waals surface area (Å²) in [5.41, 5.74) is 3.80. The molecule has 0 heterocycles. The fourth-order valence-electron chi connectivity index (χ4n) is 1.32. The van der Waals surface area contributed by atoms with Crippen LogP contribution in [0.15, 0.2) is 0 Å². The summed E-state index contributed by atoms with van der Waals surface area (Å²) in [7, 11) is 0. The highest BCUT2D eigenvalue weighted by Crippen LogP contribution is 2.09. The van der Waals surface area contributed by atoms with Crippen LogP contribution in [0.4, 0.5) is 0 Å². The van der Waals surface area contributed by atoms with Gasteiger partial charge in [0.1, 0.15) is 6.04 Å². The summed E-state index contributed by atoms with van der Waals surface area (Å²) in [6.45, 7) is 10.7. The van der Waals surface area contributed by atoms with Crippen LogP contribution >= 0.6 is 0 Å². The maximum absolute atomic E-state index is 11.5. The highest BCUT2D eigenvalue weighted by Gasteiger charge is 2.20. The van der Waals surface area contributed by atoms with Crippen LogP contribution in [0.25, 0.3) is 0 Å². The number of quaternary nitrogens is 1. The Kier molecular flexibility index (Phi) is 6.06. The molecule has 0 bridgehead atoms. The van der Waals surface area contributed by atoms with E-state index in [2.05, 4.69) is 5.73 Å². The van der Waals surface area contributed by atoms with Gasteiger partial charge in [0.25, 0.3) is 0 Å². The zero-order chi connectivity index (χ0) is 12.1. The number of rotatable bonds is 6. The predicted octanol–water partition coefficient (Wildman–Crippen LogP) is 1.42. The van der Waals surface area contributed by atoms with Crippen molar-refractivity contribution in [2.75, 3.05) is 6.61 Å². The maximum atomic E-state index is 11.5. The Morgan fingerprint density at radius 1 is 1.33 bits per heavy atom. The summed E-state index contributed by atoms with van der Waals surface area (Å²) >= 11 is 0. The first-order valence-corrected chi connectivity index (χ1v) is 5.75. The van der Waals surface area contributed by atoms with Crippen LogP contribution < -0.4 is 5.73 Å². The van der Waals surface area contributed by atoms with Gasteiger partial charge in [-0.2, -0.15) is 0 Å². The van der Waals surface area contributed by atoms with Crippen molar-refractivity contribution >= 4 is 5.78 Å². The maximum Gasteiger partial charge on any atom is 0.192 e. The molecular weight excluding hydrogens is 190 g/mol. The SMILES string of the molecule is CC(C)C(=O)C([NH3+])CCCOC(C)(C)C. The molecule has 1 unspecified atom stereocenters. The Morgan fingerprint density at radius 2 is 1.87 bits per heavy atom. The van der Waals surface area contributed by atoms with Crippen LogP contribution in [0.1, 0.15) is 47.5 Å². The molecule has 0 amide bonds. The molecule has 0 rings (SSSR count). The van der Waals surface area contributed by atoms with Gasteiger partial charge in [0.15, 0.2) is 5.78 Å². The summed E-state index contributed by atoms with van der Waals surface area (Å²) in [6.07, 6.45) is 1.73. The van der Waals surface area contributed by atoms with Gasteiger partial charge in [0.05, 0.1) is 5.60 Å². The largest absolute Gasteiger partial charge is 0.376 e. The smallest absolute Gasteiger partial charge is 0.192 e. The number of Topliss-reactive ketones (excluding diaryl/α,β-unsaturated/α-hetero) is 1. The zero-order valence-corrected chi connectivity index (χ0v) is 10.8. The third kappa shape index (κ3) is 7.51. The summed E-state index contributed by atoms with van der Waals surface area (Å²) in [5.74, 6) is 0.349. The van der Waals surface area contributed by atoms with Gasteiger partial charge in [0.2, 0.25) is 0 Å². The van der Waals surface area contributed by atoms with E-state index in [-0.39, 0.29) is 23.3 Å². The molecule has 0 fully saturated rings. The van der Waals surface area contributed by atoms with Gasteiger partial charge in [-0.15, -0.1) is 0 Å². The summed E-state index contributed by atoms with van der Waals surface area (Å²) < 4.78 is 5.58. The first-order valence-electron chi connectivity index (χ1n) is 5.75. The lowest BCUT2D eigenvalue weighted by atomic mass is 9.99. The summed E-state index contributed by atoms with van der Waals surface area (Å²) in [4.78, 5) is 11.5. The topological polar surface area (TPSA) is 53.9 Å². The van der Waals surface area contributed by atoms with E-state index in [4.69, 9.17) is 4.74 Å². The minimum Gasteiger partial charge on any atom is -0.376 e. The molecule has 0 aliphatic carbocycles. The molecule has 0 aromatic rings. The molecule has 1 atom stereocenters. The Morgan fingerprint density at radius 3 is 2.27 bits per heavy atom. The number of ketones is 1. The summed E-state index contributed by atoms with van der Waals surface area (Å²) in [5, 5.41) is 0. The van der Waals surface area contributed by atoms with Crippen molar-refractivity contribution in [1.29, 1.82) is 0 Å². The second-order valence-corrected chi connectivity index (χ2v) is 5.36. The van der Waals surface area contributed by atoms with Gasteiger partial charge in [-0.1, -0.05) is 13.8 Å². The first-order chi connectivity index (χ1) is 6.74. The van der Waals surface area contributed by atoms with Gasteiger partial charge >= 0.3 is 0 Å². The molecular formula is C12H26NO2+. The Balaban J connectivity index is 3.65. The average Bonchev–Trinajstić information content (AvgIpc) is 2.09. The number of hydrogen-bond acceptors (Lipinski definition) is 2. The third-order valence-corrected chi connectivity index (χ3v) is 2.20. The molecule has 3 heteroatoms. The van der Waals surface area contributed by atoms with Gasteiger partial charge < -0.3 is 10.5 Å². The van der Waals surface area contributed by atoms with E-state index in [1.54, 1.807) is 0 Å². The number of carbonyl (C=O) groups excluding carboxylic acids is 1. The van der Waals surface area contributed by atoms with Crippen LogP contribution in [0.2, 0.25) is 0 Å². The quantitative estimate of drug-likeness (QED) is 0.683. The van der Waals surface area contributed by atoms with Crippen molar-refractivity contribution in [3.8, 4) is 0 Å². The molecule has 0 aromatic carbocycles. The van der Waals surface area contributed by atoms with Gasteiger partial charge in [0, 0.05) is 18.9 Å². The van der Waals surface area contributed by atoms with Crippen molar-refractivity contribution in [2.24, 2.45) is 5.92 Å². The molecule has 15 heavy (non-hydrogen) atoms. The second kappa shape index (κ2) is 6.23. The standard InChI is InChI=1S/C12H25NO2/c1-9(2)11(14)10(13)7-6-8-15-12(3,4)5/h9-10H,6-8,13H2,1-5H3/p+1. The minimum absolute atomic E-state index is 0.0754. The molecule has 0 aromatic heterocycles. The molecule has 90 valence electrons. The predicted molar refractivity (Wildman–Crippen MR) is 61.5 cm³/mol. The van der Waals surface area contributed by atoms with Crippen LogP contribution in [-0.4, -0.2) is 24.0 Å². The second-order valence-electron chi connectivity index (χ2n) is 5.36. The molecule has 3 nitrogen and oxygen atoms in total. The zero-order valence-electron chi connectivity index (χ0n) is 10.8. The van der Waals surface area contributed by atoms with Crippen molar-refractivity contribution in [2.45, 2.75) is 59.1 Å². The lowest BCUT2D eigenvalue weighted by Crippen LogP contribution is -2.65. The highest BCUT2D eigenvalue weighted by atomic mass is 16.5. The number of ether oxygens (including phenoxy) is 1. The molecule has 0 aliphatic heterocycles. The van der Waals surface area contributed by atoms with Gasteiger partial charge in [-0.25, -0.2) is 0 Å². The molecule has 0 radical (unpaired) electrons. The van der Waals surface area contributed by atoms with Gasteiger partial charge in [-0.3, -0.25) is 4.79 Å². The van der Waals surface area contributed by atoms with Crippen LogP contribution in [0.5, 0.6) is 0 Å². The van der Waals surface area contributed by atoms with E-state index in [0.29, 0.717) is 6.61 Å². The van der Waals surface area contributed by atoms with Crippen molar-refractivity contribution in [3.63, 3.8) is 0 Å². The Hall–Kier alpha value is -0.410. The minimum atomic E-state index is -0.0846. The molecule has 0 saturated carbocycles. The lowest BCUT2D eigenvalue weighted by Gasteiger charge is -2.19. The van der Waals surface area contributed by atoms with E-state index in [0.717, 1.165) is 12.8 Å². The van der Waals surface area contributed by atoms with E-state index in [1.807, 2.05) is 34.6 Å². The fourth-order valence-corrected chi connectivity index (χ4v) is 1.32. The number of carbonyl (C=O) groups is 1. The van der Waals surface area contributed by atoms with E-state index in [9.17, 15) is 4.79 Å². The Labute approximate surface area is 93.4 Å². The Bertz CT molecular complexity index is 194. The molecule has 0 aliphatic rings. The van der Waals surface area contributed by atoms with Gasteiger partial charge in [-0.05, 0) is 27.2 Å². The molecule has 0 spiro atoms. The molecule has 0 saturated heterocycles. The van der Waals surface area contributed by atoms with Crippen LogP contribution in [0, 0.1) is 5.92 Å². The van der Waals surface area contributed by atoms with E-state index in [1.165, 1.54) is 0 Å². The number of hydrogen-bond donors (Lipinski definition) is 1. The summed E-state index contributed by atoms with van der Waals surface area (Å²) in [6, 6.07) is -0.0754. The fraction of sp³-hybridized carbons (Fsp3) is 0.917. The third-order valence-electron chi connectivity index (χ3n) is 2.20. The van der Waals surface area contributed by atoms with Crippen molar-refractivity contribution in [3.05, 3.63) is 0 Å². The lowest BCUT2D eigenvalue weighted by molar-refractivity contribution is -0.405. The van der Waals surface area contributed by atoms with Crippen LogP contribution in [0.3, 0.4) is 0 Å². The normalized spacial score (nSPS) is 14.3. The average molecular weight is 216 g/mol. The van der Waals surface area contributed by atoms with E-state index < -0.39 is 0 Å². The first kappa shape index (κ1) is 14.6. The van der Waals surface area contributed by atoms with E-state index >= 15 is 0 Å². The van der Waals surface area contributed by atoms with Crippen molar-refractivity contribution < 1.29 is 15.3 Å². The highest BCUT2D eigenvalue weighted by molar-refractivity contribution is 5.84.